The SMILES string of the molecule is Cc1ccc(P(c2ccc(C)cc2)c2ccc3c(c2[C@H]2c4ccccc4CCC2P(c2ccc(C)cc2)c2ccc(C)cc2)CCCC3)cc1. The van der Waals surface area contributed by atoms with Crippen molar-refractivity contribution >= 4 is 42.4 Å². The number of fused-ring (bicyclic) bond motifs is 2. The van der Waals surface area contributed by atoms with Crippen LogP contribution in [0.3, 0.4) is 0 Å². The molecule has 0 saturated heterocycles. The highest BCUT2D eigenvalue weighted by atomic mass is 31.1. The van der Waals surface area contributed by atoms with Crippen molar-refractivity contribution in [2.45, 2.75) is 77.8 Å². The van der Waals surface area contributed by atoms with Crippen LogP contribution in [0, 0.1) is 27.7 Å². The first-order chi connectivity index (χ1) is 24.4. The van der Waals surface area contributed by atoms with Crippen LogP contribution >= 0.6 is 15.8 Å². The Kier molecular flexibility index (Phi) is 9.62. The van der Waals surface area contributed by atoms with Gasteiger partial charge in [-0.25, -0.2) is 0 Å². The molecular formula is C48H48P2. The summed E-state index contributed by atoms with van der Waals surface area (Å²) in [7, 11) is -1.41. The molecule has 8 rings (SSSR count). The minimum absolute atomic E-state index is 0.331. The van der Waals surface area contributed by atoms with Gasteiger partial charge in [0.25, 0.3) is 0 Å². The summed E-state index contributed by atoms with van der Waals surface area (Å²) < 4.78 is 0. The van der Waals surface area contributed by atoms with Crippen LogP contribution in [0.1, 0.15) is 75.3 Å². The zero-order valence-electron chi connectivity index (χ0n) is 30.0. The molecule has 0 aromatic heterocycles. The average Bonchev–Trinajstić information content (AvgIpc) is 3.15. The lowest BCUT2D eigenvalue weighted by molar-refractivity contribution is 0.612. The van der Waals surface area contributed by atoms with Crippen molar-refractivity contribution in [3.05, 3.63) is 184 Å². The van der Waals surface area contributed by atoms with Gasteiger partial charge < -0.3 is 0 Å². The van der Waals surface area contributed by atoms with Gasteiger partial charge in [-0.3, -0.25) is 0 Å². The predicted molar refractivity (Wildman–Crippen MR) is 220 cm³/mol. The first-order valence-electron chi connectivity index (χ1n) is 18.5. The zero-order chi connectivity index (χ0) is 34.2. The molecular weight excluding hydrogens is 638 g/mol. The summed E-state index contributed by atoms with van der Waals surface area (Å²) >= 11 is 0. The molecule has 50 heavy (non-hydrogen) atoms. The second-order valence-corrected chi connectivity index (χ2v) is 19.3. The van der Waals surface area contributed by atoms with E-state index in [-0.39, 0.29) is 0 Å². The Bertz CT molecular complexity index is 2000. The zero-order valence-corrected chi connectivity index (χ0v) is 31.8. The maximum absolute atomic E-state index is 2.58. The van der Waals surface area contributed by atoms with Crippen molar-refractivity contribution in [3.63, 3.8) is 0 Å². The van der Waals surface area contributed by atoms with Gasteiger partial charge in [0.05, 0.1) is 0 Å². The molecule has 0 fully saturated rings. The van der Waals surface area contributed by atoms with E-state index in [2.05, 4.69) is 161 Å². The number of aryl methyl sites for hydroxylation is 6. The molecule has 0 N–H and O–H groups in total. The van der Waals surface area contributed by atoms with Crippen molar-refractivity contribution in [1.29, 1.82) is 0 Å². The Hall–Kier alpha value is -3.82. The Morgan fingerprint density at radius 3 is 1.52 bits per heavy atom. The molecule has 6 aromatic rings. The van der Waals surface area contributed by atoms with Crippen LogP contribution in [-0.2, 0) is 19.3 Å². The van der Waals surface area contributed by atoms with Crippen LogP contribution in [0.15, 0.2) is 133 Å². The van der Waals surface area contributed by atoms with Crippen LogP contribution in [0.5, 0.6) is 0 Å². The molecule has 0 heterocycles. The van der Waals surface area contributed by atoms with Crippen molar-refractivity contribution in [1.82, 2.24) is 0 Å². The Morgan fingerprint density at radius 1 is 0.460 bits per heavy atom. The van der Waals surface area contributed by atoms with Gasteiger partial charge in [-0.2, -0.15) is 0 Å². The van der Waals surface area contributed by atoms with Crippen molar-refractivity contribution in [2.24, 2.45) is 0 Å². The van der Waals surface area contributed by atoms with Crippen LogP contribution in [0.2, 0.25) is 0 Å². The molecule has 0 spiro atoms. The standard InChI is InChI=1S/C48H48P2/c1-33-13-23-39(24-14-33)49(40-25-15-34(2)16-26-40)45-31-21-37-9-5-7-11-43(37)47(45)48-44-12-8-6-10-38(44)22-32-46(48)50(41-27-17-35(3)18-28-41)42-29-19-36(4)20-30-42/h5,7,9,11,13-20,22-30,32,45,47H,6,8,10,12,21,31H2,1-4H3/t45?,47-/m0/s1. The van der Waals surface area contributed by atoms with E-state index in [1.807, 2.05) is 0 Å². The molecule has 0 nitrogen and oxygen atoms in total. The number of hydrogen-bond donors (Lipinski definition) is 0. The van der Waals surface area contributed by atoms with Gasteiger partial charge in [-0.1, -0.05) is 156 Å². The highest BCUT2D eigenvalue weighted by Gasteiger charge is 2.41. The third-order valence-corrected chi connectivity index (χ3v) is 16.6. The van der Waals surface area contributed by atoms with E-state index in [9.17, 15) is 0 Å². The fourth-order valence-corrected chi connectivity index (χ4v) is 14.0. The van der Waals surface area contributed by atoms with E-state index in [4.69, 9.17) is 0 Å². The number of rotatable bonds is 7. The normalized spacial score (nSPS) is 17.1. The minimum atomic E-state index is -0.769. The van der Waals surface area contributed by atoms with Gasteiger partial charge in [0.1, 0.15) is 0 Å². The molecule has 0 saturated carbocycles. The van der Waals surface area contributed by atoms with Gasteiger partial charge in [0.15, 0.2) is 0 Å². The summed E-state index contributed by atoms with van der Waals surface area (Å²) in [4.78, 5) is 0. The lowest BCUT2D eigenvalue weighted by Crippen LogP contribution is -2.36. The third-order valence-electron chi connectivity index (χ3n) is 11.1. The van der Waals surface area contributed by atoms with Gasteiger partial charge in [0, 0.05) is 5.92 Å². The smallest absolute Gasteiger partial charge is 0.0175 e. The Balaban J connectivity index is 1.42. The lowest BCUT2D eigenvalue weighted by Gasteiger charge is -2.42. The number of benzene rings is 6. The molecule has 1 unspecified atom stereocenters. The lowest BCUT2D eigenvalue weighted by atomic mass is 9.74. The minimum Gasteiger partial charge on any atom is -0.0620 e. The van der Waals surface area contributed by atoms with Gasteiger partial charge in [-0.15, -0.1) is 0 Å². The molecule has 2 aliphatic rings. The summed E-state index contributed by atoms with van der Waals surface area (Å²) in [5.74, 6) is 0.331. The summed E-state index contributed by atoms with van der Waals surface area (Å²) in [6, 6.07) is 52.7. The van der Waals surface area contributed by atoms with E-state index in [1.165, 1.54) is 75.6 Å². The molecule has 2 aliphatic carbocycles. The second-order valence-electron chi connectivity index (χ2n) is 14.7. The molecule has 6 aromatic carbocycles. The van der Waals surface area contributed by atoms with Crippen LogP contribution in [0.4, 0.5) is 0 Å². The monoisotopic (exact) mass is 686 g/mol. The van der Waals surface area contributed by atoms with E-state index < -0.39 is 15.8 Å². The third kappa shape index (κ3) is 6.55. The Morgan fingerprint density at radius 2 is 0.960 bits per heavy atom. The van der Waals surface area contributed by atoms with Crippen molar-refractivity contribution in [3.8, 4) is 0 Å². The van der Waals surface area contributed by atoms with Crippen molar-refractivity contribution < 1.29 is 0 Å². The average molecular weight is 687 g/mol. The first kappa shape index (κ1) is 33.3. The molecule has 0 aliphatic heterocycles. The van der Waals surface area contributed by atoms with Gasteiger partial charge >= 0.3 is 0 Å². The second kappa shape index (κ2) is 14.4. The quantitative estimate of drug-likeness (QED) is 0.147. The summed E-state index contributed by atoms with van der Waals surface area (Å²) in [5, 5.41) is 7.49. The number of hydrogen-bond acceptors (Lipinski definition) is 0. The summed E-state index contributed by atoms with van der Waals surface area (Å²) in [5.41, 5.74) is 13.8. The van der Waals surface area contributed by atoms with Crippen molar-refractivity contribution in [2.75, 3.05) is 0 Å². The highest BCUT2D eigenvalue weighted by Crippen LogP contribution is 2.55. The van der Waals surface area contributed by atoms with Crippen LogP contribution in [-0.4, -0.2) is 5.66 Å². The molecule has 0 amide bonds. The fraction of sp³-hybridized carbons (Fsp3) is 0.250. The van der Waals surface area contributed by atoms with Gasteiger partial charge in [-0.05, 0) is 142 Å². The maximum Gasteiger partial charge on any atom is 0.0175 e. The van der Waals surface area contributed by atoms with E-state index >= 15 is 0 Å². The fourth-order valence-electron chi connectivity index (χ4n) is 8.51. The highest BCUT2D eigenvalue weighted by molar-refractivity contribution is 7.80. The molecule has 0 bridgehead atoms. The molecule has 0 radical (unpaired) electrons. The molecule has 2 atom stereocenters. The maximum atomic E-state index is 2.58. The van der Waals surface area contributed by atoms with Crippen LogP contribution < -0.4 is 26.5 Å². The summed E-state index contributed by atoms with van der Waals surface area (Å²) in [6.45, 7) is 8.87. The largest absolute Gasteiger partial charge is 0.0620 e. The van der Waals surface area contributed by atoms with E-state index in [1.54, 1.807) is 33.1 Å². The van der Waals surface area contributed by atoms with E-state index in [0.717, 1.165) is 6.42 Å². The Labute approximate surface area is 302 Å². The predicted octanol–water partition coefficient (Wildman–Crippen LogP) is 10.1. The topological polar surface area (TPSA) is 0 Å². The molecule has 2 heteroatoms. The molecule has 250 valence electrons. The van der Waals surface area contributed by atoms with Gasteiger partial charge in [0.2, 0.25) is 0 Å². The first-order valence-corrected chi connectivity index (χ1v) is 21.3. The van der Waals surface area contributed by atoms with E-state index in [0.29, 0.717) is 11.6 Å². The summed E-state index contributed by atoms with van der Waals surface area (Å²) in [6.07, 6.45) is 7.29. The van der Waals surface area contributed by atoms with Crippen LogP contribution in [0.25, 0.3) is 0 Å².